The Balaban J connectivity index is 2.82. The van der Waals surface area contributed by atoms with Gasteiger partial charge in [-0.15, -0.1) is 0 Å². The predicted molar refractivity (Wildman–Crippen MR) is 77.7 cm³/mol. The molecule has 0 radical (unpaired) electrons. The number of carbonyl (C=O) groups excluding carboxylic acids is 1. The van der Waals surface area contributed by atoms with Crippen molar-refractivity contribution in [2.75, 3.05) is 0 Å². The Hall–Kier alpha value is -1.09. The van der Waals surface area contributed by atoms with Crippen molar-refractivity contribution in [2.24, 2.45) is 5.92 Å². The summed E-state index contributed by atoms with van der Waals surface area (Å²) in [6.07, 6.45) is 0.753. The smallest absolute Gasteiger partial charge is 0.338 e. The number of halogens is 1. The zero-order valence-electron chi connectivity index (χ0n) is 12.2. The quantitative estimate of drug-likeness (QED) is 0.592. The molecule has 0 bridgehead atoms. The van der Waals surface area contributed by atoms with Gasteiger partial charge in [0, 0.05) is 5.69 Å². The van der Waals surface area contributed by atoms with Crippen LogP contribution >= 0.6 is 11.6 Å². The van der Waals surface area contributed by atoms with Crippen molar-refractivity contribution in [1.29, 1.82) is 0 Å². The van der Waals surface area contributed by atoms with E-state index in [1.807, 2.05) is 20.8 Å². The normalized spacial score (nSPS) is 12.8. The first kappa shape index (κ1) is 16.0. The van der Waals surface area contributed by atoms with Gasteiger partial charge < -0.3 is 4.74 Å². The van der Waals surface area contributed by atoms with Crippen molar-refractivity contribution in [1.82, 2.24) is 4.98 Å². The fourth-order valence-corrected chi connectivity index (χ4v) is 2.11. The van der Waals surface area contributed by atoms with Crippen molar-refractivity contribution in [3.8, 4) is 0 Å². The molecule has 3 nitrogen and oxygen atoms in total. The van der Waals surface area contributed by atoms with E-state index in [4.69, 9.17) is 16.3 Å². The van der Waals surface area contributed by atoms with Crippen LogP contribution in [0.15, 0.2) is 12.1 Å². The maximum Gasteiger partial charge on any atom is 0.338 e. The van der Waals surface area contributed by atoms with Crippen molar-refractivity contribution >= 4 is 17.6 Å². The van der Waals surface area contributed by atoms with Crippen LogP contribution in [-0.2, 0) is 4.74 Å². The van der Waals surface area contributed by atoms with Gasteiger partial charge in [-0.3, -0.25) is 0 Å². The van der Waals surface area contributed by atoms with Crippen molar-refractivity contribution in [3.63, 3.8) is 0 Å². The highest BCUT2D eigenvalue weighted by Gasteiger charge is 2.16. The van der Waals surface area contributed by atoms with Crippen molar-refractivity contribution < 1.29 is 9.53 Å². The molecule has 0 saturated carbocycles. The third kappa shape index (κ3) is 5.19. The average molecular weight is 284 g/mol. The third-order valence-electron chi connectivity index (χ3n) is 2.75. The molecule has 0 aliphatic heterocycles. The molecule has 0 aromatic carbocycles. The molecule has 1 atom stereocenters. The van der Waals surface area contributed by atoms with Crippen LogP contribution in [0.3, 0.4) is 0 Å². The molecule has 0 aliphatic carbocycles. The van der Waals surface area contributed by atoms with Crippen LogP contribution in [0.1, 0.15) is 63.0 Å². The van der Waals surface area contributed by atoms with Crippen LogP contribution in [0.2, 0.25) is 5.15 Å². The Labute approximate surface area is 120 Å². The highest BCUT2D eigenvalue weighted by atomic mass is 35.5. The second-order valence-electron chi connectivity index (χ2n) is 5.60. The molecule has 4 heteroatoms. The fraction of sp³-hybridized carbons (Fsp3) is 0.600. The van der Waals surface area contributed by atoms with Gasteiger partial charge in [-0.05, 0) is 37.3 Å². The molecule has 106 valence electrons. The molecule has 0 amide bonds. The summed E-state index contributed by atoms with van der Waals surface area (Å²) in [5.74, 6) is 0.382. The highest BCUT2D eigenvalue weighted by Crippen LogP contribution is 2.19. The van der Waals surface area contributed by atoms with E-state index in [9.17, 15) is 4.79 Å². The van der Waals surface area contributed by atoms with Crippen molar-refractivity contribution in [2.45, 2.75) is 53.1 Å². The summed E-state index contributed by atoms with van der Waals surface area (Å²) in [7, 11) is 0. The Morgan fingerprint density at radius 3 is 2.42 bits per heavy atom. The topological polar surface area (TPSA) is 39.2 Å². The minimum absolute atomic E-state index is 0.0954. The first-order chi connectivity index (χ1) is 8.79. The number of rotatable bonds is 5. The Kier molecular flexibility index (Phi) is 5.80. The molecular formula is C15H22ClNO2. The lowest BCUT2D eigenvalue weighted by atomic mass is 10.1. The summed E-state index contributed by atoms with van der Waals surface area (Å²) in [5, 5.41) is 0.328. The van der Waals surface area contributed by atoms with Crippen LogP contribution in [0.4, 0.5) is 0 Å². The molecule has 0 aliphatic rings. The standard InChI is InChI=1S/C15H22ClNO2/c1-9(2)6-11(5)19-15(18)12-7-13(10(3)4)17-14(16)8-12/h7-11H,6H2,1-5H3. The summed E-state index contributed by atoms with van der Waals surface area (Å²) in [6, 6.07) is 3.30. The predicted octanol–water partition coefficient (Wildman–Crippen LogP) is 4.45. The number of ether oxygens (including phenoxy) is 1. The first-order valence-corrected chi connectivity index (χ1v) is 7.05. The number of aromatic nitrogens is 1. The second kappa shape index (κ2) is 6.90. The fourth-order valence-electron chi connectivity index (χ4n) is 1.89. The van der Waals surface area contributed by atoms with Gasteiger partial charge in [0.15, 0.2) is 0 Å². The van der Waals surface area contributed by atoms with E-state index in [-0.39, 0.29) is 18.0 Å². The first-order valence-electron chi connectivity index (χ1n) is 6.68. The zero-order chi connectivity index (χ0) is 14.6. The van der Waals surface area contributed by atoms with Gasteiger partial charge in [-0.1, -0.05) is 39.3 Å². The minimum atomic E-state index is -0.334. The van der Waals surface area contributed by atoms with Gasteiger partial charge >= 0.3 is 5.97 Å². The number of esters is 1. The summed E-state index contributed by atoms with van der Waals surface area (Å²) >= 11 is 5.94. The molecule has 0 spiro atoms. The molecule has 19 heavy (non-hydrogen) atoms. The van der Waals surface area contributed by atoms with E-state index in [0.29, 0.717) is 16.6 Å². The Bertz CT molecular complexity index is 444. The van der Waals surface area contributed by atoms with Crippen molar-refractivity contribution in [3.05, 3.63) is 28.5 Å². The van der Waals surface area contributed by atoms with E-state index < -0.39 is 0 Å². The minimum Gasteiger partial charge on any atom is -0.459 e. The molecule has 1 rings (SSSR count). The lowest BCUT2D eigenvalue weighted by Crippen LogP contribution is -2.17. The summed E-state index contributed by atoms with van der Waals surface area (Å²) in [5.41, 5.74) is 1.27. The Morgan fingerprint density at radius 1 is 1.26 bits per heavy atom. The van der Waals surface area contributed by atoms with Crippen LogP contribution in [-0.4, -0.2) is 17.1 Å². The molecule has 0 N–H and O–H groups in total. The maximum atomic E-state index is 12.1. The van der Waals surface area contributed by atoms with Gasteiger partial charge in [0.25, 0.3) is 0 Å². The summed E-state index contributed by atoms with van der Waals surface area (Å²) in [4.78, 5) is 16.3. The number of hydrogen-bond donors (Lipinski definition) is 0. The number of pyridine rings is 1. The van der Waals surface area contributed by atoms with Crippen LogP contribution in [0, 0.1) is 5.92 Å². The van der Waals surface area contributed by atoms with Crippen LogP contribution in [0.25, 0.3) is 0 Å². The van der Waals surface area contributed by atoms with Crippen LogP contribution < -0.4 is 0 Å². The molecule has 0 saturated heterocycles. The largest absolute Gasteiger partial charge is 0.459 e. The van der Waals surface area contributed by atoms with Gasteiger partial charge in [0.2, 0.25) is 0 Å². The molecule has 0 fully saturated rings. The SMILES string of the molecule is CC(C)CC(C)OC(=O)c1cc(Cl)nc(C(C)C)c1. The van der Waals surface area contributed by atoms with E-state index in [1.54, 1.807) is 12.1 Å². The van der Waals surface area contributed by atoms with Gasteiger partial charge in [-0.25, -0.2) is 9.78 Å². The third-order valence-corrected chi connectivity index (χ3v) is 2.95. The average Bonchev–Trinajstić information content (AvgIpc) is 2.26. The molecule has 1 heterocycles. The highest BCUT2D eigenvalue weighted by molar-refractivity contribution is 6.29. The zero-order valence-corrected chi connectivity index (χ0v) is 13.0. The van der Waals surface area contributed by atoms with Gasteiger partial charge in [0.05, 0.1) is 11.7 Å². The molecule has 1 unspecified atom stereocenters. The summed E-state index contributed by atoms with van der Waals surface area (Å²) in [6.45, 7) is 10.1. The maximum absolute atomic E-state index is 12.1. The summed E-state index contributed by atoms with van der Waals surface area (Å²) < 4.78 is 5.41. The lowest BCUT2D eigenvalue weighted by molar-refractivity contribution is 0.0299. The van der Waals surface area contributed by atoms with Gasteiger partial charge in [0.1, 0.15) is 5.15 Å². The molecule has 1 aromatic rings. The monoisotopic (exact) mass is 283 g/mol. The van der Waals surface area contributed by atoms with Crippen LogP contribution in [0.5, 0.6) is 0 Å². The Morgan fingerprint density at radius 2 is 1.89 bits per heavy atom. The number of nitrogens with zero attached hydrogens (tertiary/aromatic N) is 1. The van der Waals surface area contributed by atoms with E-state index >= 15 is 0 Å². The number of hydrogen-bond acceptors (Lipinski definition) is 3. The molecular weight excluding hydrogens is 262 g/mol. The van der Waals surface area contributed by atoms with E-state index in [2.05, 4.69) is 18.8 Å². The van der Waals surface area contributed by atoms with E-state index in [1.165, 1.54) is 0 Å². The lowest BCUT2D eigenvalue weighted by Gasteiger charge is -2.16. The number of carbonyl (C=O) groups is 1. The molecule has 1 aromatic heterocycles. The van der Waals surface area contributed by atoms with E-state index in [0.717, 1.165) is 12.1 Å². The second-order valence-corrected chi connectivity index (χ2v) is 5.99. The van der Waals surface area contributed by atoms with Gasteiger partial charge in [-0.2, -0.15) is 0 Å².